The summed E-state index contributed by atoms with van der Waals surface area (Å²) in [4.78, 5) is 12.9. The van der Waals surface area contributed by atoms with E-state index in [1.807, 2.05) is 33.2 Å². The van der Waals surface area contributed by atoms with Crippen molar-refractivity contribution in [2.45, 2.75) is 20.3 Å². The van der Waals surface area contributed by atoms with Gasteiger partial charge in [-0.25, -0.2) is 4.79 Å². The number of carbonyl (C=O) groups is 1. The van der Waals surface area contributed by atoms with Crippen LogP contribution in [0.3, 0.4) is 0 Å². The first-order valence-electron chi connectivity index (χ1n) is 5.70. The largest absolute Gasteiger partial charge is 1.00 e. The first-order chi connectivity index (χ1) is 7.60. The highest BCUT2D eigenvalue weighted by molar-refractivity contribution is 5.93. The lowest BCUT2D eigenvalue weighted by Gasteiger charge is -2.12. The number of esters is 1. The van der Waals surface area contributed by atoms with Crippen LogP contribution < -0.4 is 17.3 Å². The minimum Gasteiger partial charge on any atom is -1.00 e. The van der Waals surface area contributed by atoms with Crippen molar-refractivity contribution in [1.29, 1.82) is 0 Å². The molecule has 0 spiro atoms. The number of ether oxygens (including phenoxy) is 1. The van der Waals surface area contributed by atoms with Crippen LogP contribution in [0.2, 0.25) is 0 Å². The van der Waals surface area contributed by atoms with Gasteiger partial charge in [-0.15, -0.1) is 0 Å². The number of aryl methyl sites for hydroxylation is 1. The molecule has 0 amide bonds. The van der Waals surface area contributed by atoms with Gasteiger partial charge in [0.2, 0.25) is 0 Å². The maximum absolute atomic E-state index is 11.7. The number of rotatable bonds is 4. The Balaban J connectivity index is 0.00000256. The summed E-state index contributed by atoms with van der Waals surface area (Å²) in [5, 5.41) is 0. The number of hydrogen-bond acceptors (Lipinski definition) is 2. The lowest BCUT2D eigenvalue weighted by atomic mass is 10.1. The molecule has 17 heavy (non-hydrogen) atoms. The quantitative estimate of drug-likeness (QED) is 0.646. The molecule has 0 bridgehead atoms. The van der Waals surface area contributed by atoms with Crippen LogP contribution in [-0.4, -0.2) is 26.7 Å². The summed E-state index contributed by atoms with van der Waals surface area (Å²) in [6, 6.07) is 5.92. The number of carbonyl (C=O) groups excluding carboxylic acids is 1. The summed E-state index contributed by atoms with van der Waals surface area (Å²) in [6.45, 7) is 4.34. The summed E-state index contributed by atoms with van der Waals surface area (Å²) in [7, 11) is 4.02. The van der Waals surface area contributed by atoms with E-state index in [2.05, 4.69) is 13.0 Å². The highest BCUT2D eigenvalue weighted by atomic mass is 35.5. The van der Waals surface area contributed by atoms with Crippen LogP contribution in [0, 0.1) is 0 Å². The van der Waals surface area contributed by atoms with Gasteiger partial charge in [-0.1, -0.05) is 13.0 Å². The average molecular weight is 258 g/mol. The van der Waals surface area contributed by atoms with Gasteiger partial charge in [-0.2, -0.15) is 0 Å². The Morgan fingerprint density at radius 2 is 1.94 bits per heavy atom. The van der Waals surface area contributed by atoms with E-state index in [1.165, 1.54) is 5.56 Å². The molecule has 0 aliphatic rings. The molecular formula is C13H20ClNO2. The zero-order valence-electron chi connectivity index (χ0n) is 10.8. The summed E-state index contributed by atoms with van der Waals surface area (Å²) in [5.41, 5.74) is 2.90. The summed E-state index contributed by atoms with van der Waals surface area (Å²) in [5.74, 6) is -0.235. The fourth-order valence-corrected chi connectivity index (χ4v) is 1.61. The number of nitrogens with one attached hydrogen (secondary N) is 1. The molecular weight excluding hydrogens is 238 g/mol. The second kappa shape index (κ2) is 7.30. The summed E-state index contributed by atoms with van der Waals surface area (Å²) >= 11 is 0. The molecule has 0 saturated carbocycles. The van der Waals surface area contributed by atoms with Crippen LogP contribution >= 0.6 is 0 Å². The van der Waals surface area contributed by atoms with Crippen LogP contribution in [-0.2, 0) is 11.2 Å². The van der Waals surface area contributed by atoms with E-state index in [4.69, 9.17) is 4.74 Å². The van der Waals surface area contributed by atoms with E-state index in [9.17, 15) is 4.79 Å². The van der Waals surface area contributed by atoms with Crippen molar-refractivity contribution < 1.29 is 26.8 Å². The van der Waals surface area contributed by atoms with Crippen LogP contribution in [0.5, 0.6) is 0 Å². The van der Waals surface area contributed by atoms with E-state index >= 15 is 0 Å². The maximum atomic E-state index is 11.7. The van der Waals surface area contributed by atoms with E-state index in [1.54, 1.807) is 0 Å². The Kier molecular flexibility index (Phi) is 6.85. The van der Waals surface area contributed by atoms with Crippen molar-refractivity contribution in [2.24, 2.45) is 0 Å². The Labute approximate surface area is 109 Å². The van der Waals surface area contributed by atoms with Crippen LogP contribution in [0.15, 0.2) is 18.2 Å². The van der Waals surface area contributed by atoms with Crippen LogP contribution in [0.4, 0.5) is 5.69 Å². The van der Waals surface area contributed by atoms with E-state index in [-0.39, 0.29) is 18.4 Å². The predicted octanol–water partition coefficient (Wildman–Crippen LogP) is -1.79. The lowest BCUT2D eigenvalue weighted by molar-refractivity contribution is -0.786. The Hall–Kier alpha value is -1.06. The highest BCUT2D eigenvalue weighted by Crippen LogP contribution is 2.15. The van der Waals surface area contributed by atoms with Gasteiger partial charge in [-0.05, 0) is 25.0 Å². The van der Waals surface area contributed by atoms with Gasteiger partial charge < -0.3 is 22.0 Å². The Morgan fingerprint density at radius 3 is 2.41 bits per heavy atom. The first kappa shape index (κ1) is 15.9. The first-order valence-corrected chi connectivity index (χ1v) is 5.70. The molecule has 0 aliphatic carbocycles. The highest BCUT2D eigenvalue weighted by Gasteiger charge is 2.17. The molecule has 1 N–H and O–H groups in total. The van der Waals surface area contributed by atoms with E-state index in [0.717, 1.165) is 17.0 Å². The maximum Gasteiger partial charge on any atom is 0.344 e. The Morgan fingerprint density at radius 1 is 1.29 bits per heavy atom. The SMILES string of the molecule is CCOC(=O)c1ccc(CC)cc1[NH+](C)C.[Cl-]. The summed E-state index contributed by atoms with van der Waals surface area (Å²) < 4.78 is 5.04. The van der Waals surface area contributed by atoms with Crippen molar-refractivity contribution in [2.75, 3.05) is 20.7 Å². The molecule has 96 valence electrons. The third kappa shape index (κ3) is 4.02. The van der Waals surface area contributed by atoms with Crippen molar-refractivity contribution in [1.82, 2.24) is 0 Å². The Bertz CT molecular complexity index is 378. The molecule has 0 unspecified atom stereocenters. The van der Waals surface area contributed by atoms with Crippen molar-refractivity contribution in [3.05, 3.63) is 29.3 Å². The molecule has 0 radical (unpaired) electrons. The fourth-order valence-electron chi connectivity index (χ4n) is 1.61. The standard InChI is InChI=1S/C13H19NO2.ClH/c1-5-10-7-8-11(13(15)16-6-2)12(9-10)14(3)4;/h7-9H,5-6H2,1-4H3;1H. The molecule has 0 fully saturated rings. The van der Waals surface area contributed by atoms with Crippen molar-refractivity contribution >= 4 is 11.7 Å². The zero-order valence-corrected chi connectivity index (χ0v) is 11.6. The third-order valence-electron chi connectivity index (χ3n) is 2.53. The summed E-state index contributed by atoms with van der Waals surface area (Å²) in [6.07, 6.45) is 0.976. The van der Waals surface area contributed by atoms with E-state index in [0.29, 0.717) is 12.2 Å². The van der Waals surface area contributed by atoms with Gasteiger partial charge in [0.15, 0.2) is 0 Å². The van der Waals surface area contributed by atoms with Gasteiger partial charge in [0.25, 0.3) is 0 Å². The van der Waals surface area contributed by atoms with E-state index < -0.39 is 0 Å². The van der Waals surface area contributed by atoms with Gasteiger partial charge in [-0.3, -0.25) is 0 Å². The smallest absolute Gasteiger partial charge is 0.344 e. The minimum atomic E-state index is -0.235. The lowest BCUT2D eigenvalue weighted by Crippen LogP contribution is -3.00. The van der Waals surface area contributed by atoms with Gasteiger partial charge in [0.1, 0.15) is 11.3 Å². The molecule has 1 aromatic rings. The molecule has 0 atom stereocenters. The number of quaternary nitrogens is 1. The monoisotopic (exact) mass is 257 g/mol. The number of benzene rings is 1. The molecule has 0 saturated heterocycles. The fraction of sp³-hybridized carbons (Fsp3) is 0.462. The van der Waals surface area contributed by atoms with Gasteiger partial charge in [0, 0.05) is 6.07 Å². The molecule has 3 nitrogen and oxygen atoms in total. The minimum absolute atomic E-state index is 0. The molecule has 1 aromatic carbocycles. The molecule has 0 aliphatic heterocycles. The average Bonchev–Trinajstić information content (AvgIpc) is 2.28. The third-order valence-corrected chi connectivity index (χ3v) is 2.53. The van der Waals surface area contributed by atoms with Crippen LogP contribution in [0.1, 0.15) is 29.8 Å². The number of halogens is 1. The number of hydrogen-bond donors (Lipinski definition) is 1. The van der Waals surface area contributed by atoms with Crippen molar-refractivity contribution in [3.63, 3.8) is 0 Å². The van der Waals surface area contributed by atoms with Crippen molar-refractivity contribution in [3.8, 4) is 0 Å². The zero-order chi connectivity index (χ0) is 12.1. The van der Waals surface area contributed by atoms with Gasteiger partial charge in [0.05, 0.1) is 20.7 Å². The van der Waals surface area contributed by atoms with Gasteiger partial charge >= 0.3 is 5.97 Å². The topological polar surface area (TPSA) is 30.7 Å². The predicted molar refractivity (Wildman–Crippen MR) is 64.2 cm³/mol. The molecule has 1 rings (SSSR count). The second-order valence-corrected chi connectivity index (χ2v) is 3.95. The van der Waals surface area contributed by atoms with Crippen LogP contribution in [0.25, 0.3) is 0 Å². The molecule has 0 heterocycles. The molecule has 4 heteroatoms. The normalized spacial score (nSPS) is 9.94. The second-order valence-electron chi connectivity index (χ2n) is 3.95. The molecule has 0 aromatic heterocycles.